The van der Waals surface area contributed by atoms with Crippen molar-refractivity contribution >= 4 is 0 Å². The van der Waals surface area contributed by atoms with Crippen LogP contribution < -0.4 is 5.32 Å². The molecule has 0 radical (unpaired) electrons. The molecule has 0 aliphatic carbocycles. The third-order valence-corrected chi connectivity index (χ3v) is 2.44. The van der Waals surface area contributed by atoms with Gasteiger partial charge in [-0.2, -0.15) is 0 Å². The quantitative estimate of drug-likeness (QED) is 0.699. The molecule has 0 aliphatic rings. The predicted octanol–water partition coefficient (Wildman–Crippen LogP) is 2.71. The van der Waals surface area contributed by atoms with Crippen LogP contribution in [0.15, 0.2) is 18.5 Å². The highest BCUT2D eigenvalue weighted by molar-refractivity contribution is 4.95. The van der Waals surface area contributed by atoms with Crippen LogP contribution in [0.25, 0.3) is 0 Å². The second-order valence-corrected chi connectivity index (χ2v) is 3.71. The van der Waals surface area contributed by atoms with Crippen molar-refractivity contribution in [3.8, 4) is 0 Å². The topological polar surface area (TPSA) is 37.8 Å². The molecule has 1 atom stereocenters. The van der Waals surface area contributed by atoms with Crippen LogP contribution in [-0.2, 0) is 0 Å². The van der Waals surface area contributed by atoms with Crippen molar-refractivity contribution in [3.05, 3.63) is 24.3 Å². The monoisotopic (exact) mass is 207 g/mol. The average Bonchev–Trinajstić information content (AvgIpc) is 2.29. The van der Waals surface area contributed by atoms with Gasteiger partial charge in [-0.05, 0) is 19.0 Å². The minimum absolute atomic E-state index is 0.322. The van der Waals surface area contributed by atoms with Gasteiger partial charge in [0.1, 0.15) is 5.82 Å². The molecule has 1 rings (SSSR count). The molecule has 1 heterocycles. The third-order valence-electron chi connectivity index (χ3n) is 2.44. The van der Waals surface area contributed by atoms with E-state index in [1.807, 2.05) is 18.5 Å². The second kappa shape index (κ2) is 7.35. The first kappa shape index (κ1) is 12.1. The Morgan fingerprint density at radius 3 is 2.53 bits per heavy atom. The summed E-state index contributed by atoms with van der Waals surface area (Å²) >= 11 is 0. The first-order valence-electron chi connectivity index (χ1n) is 5.88. The van der Waals surface area contributed by atoms with Crippen molar-refractivity contribution in [2.45, 2.75) is 45.6 Å². The Morgan fingerprint density at radius 2 is 1.93 bits per heavy atom. The summed E-state index contributed by atoms with van der Waals surface area (Å²) in [6.07, 6.45) is 8.54. The SMILES string of the molecule is CCCCCC(NCC)c1ncccn1. The zero-order valence-corrected chi connectivity index (χ0v) is 9.74. The Labute approximate surface area is 92.3 Å². The van der Waals surface area contributed by atoms with Gasteiger partial charge < -0.3 is 5.32 Å². The van der Waals surface area contributed by atoms with Crippen LogP contribution in [0.2, 0.25) is 0 Å². The number of hydrogen-bond donors (Lipinski definition) is 1. The molecule has 3 nitrogen and oxygen atoms in total. The molecule has 0 fully saturated rings. The van der Waals surface area contributed by atoms with E-state index in [2.05, 4.69) is 29.1 Å². The van der Waals surface area contributed by atoms with Gasteiger partial charge in [-0.1, -0.05) is 33.1 Å². The largest absolute Gasteiger partial charge is 0.308 e. The van der Waals surface area contributed by atoms with Crippen molar-refractivity contribution in [1.29, 1.82) is 0 Å². The molecule has 1 aromatic rings. The molecule has 0 aliphatic heterocycles. The summed E-state index contributed by atoms with van der Waals surface area (Å²) in [6, 6.07) is 2.18. The molecule has 0 spiro atoms. The van der Waals surface area contributed by atoms with Gasteiger partial charge in [0.25, 0.3) is 0 Å². The molecule has 15 heavy (non-hydrogen) atoms. The molecule has 84 valence electrons. The van der Waals surface area contributed by atoms with E-state index < -0.39 is 0 Å². The minimum Gasteiger partial charge on any atom is -0.308 e. The number of unbranched alkanes of at least 4 members (excludes halogenated alkanes) is 2. The second-order valence-electron chi connectivity index (χ2n) is 3.71. The minimum atomic E-state index is 0.322. The van der Waals surface area contributed by atoms with Gasteiger partial charge in [0, 0.05) is 12.4 Å². The Balaban J connectivity index is 2.50. The fourth-order valence-corrected chi connectivity index (χ4v) is 1.66. The summed E-state index contributed by atoms with van der Waals surface area (Å²) in [5, 5.41) is 3.43. The fourth-order valence-electron chi connectivity index (χ4n) is 1.66. The molecular formula is C12H21N3. The molecule has 0 bridgehead atoms. The third kappa shape index (κ3) is 4.38. The first-order chi connectivity index (χ1) is 7.38. The van der Waals surface area contributed by atoms with Crippen molar-refractivity contribution in [3.63, 3.8) is 0 Å². The van der Waals surface area contributed by atoms with Crippen molar-refractivity contribution in [2.75, 3.05) is 6.54 Å². The summed E-state index contributed by atoms with van der Waals surface area (Å²) < 4.78 is 0. The highest BCUT2D eigenvalue weighted by Gasteiger charge is 2.11. The van der Waals surface area contributed by atoms with Crippen LogP contribution in [0, 0.1) is 0 Å². The number of nitrogens with one attached hydrogen (secondary N) is 1. The summed E-state index contributed by atoms with van der Waals surface area (Å²) in [4.78, 5) is 8.61. The van der Waals surface area contributed by atoms with E-state index in [1.165, 1.54) is 19.3 Å². The number of aromatic nitrogens is 2. The lowest BCUT2D eigenvalue weighted by Gasteiger charge is -2.15. The van der Waals surface area contributed by atoms with Crippen LogP contribution in [0.1, 0.15) is 51.4 Å². The normalized spacial score (nSPS) is 12.7. The summed E-state index contributed by atoms with van der Waals surface area (Å²) in [7, 11) is 0. The molecule has 0 saturated carbocycles. The smallest absolute Gasteiger partial charge is 0.145 e. The van der Waals surface area contributed by atoms with Crippen molar-refractivity contribution < 1.29 is 0 Å². The molecule has 0 saturated heterocycles. The lowest BCUT2D eigenvalue weighted by Crippen LogP contribution is -2.22. The Hall–Kier alpha value is -0.960. The van der Waals surface area contributed by atoms with Crippen molar-refractivity contribution in [1.82, 2.24) is 15.3 Å². The first-order valence-corrected chi connectivity index (χ1v) is 5.88. The van der Waals surface area contributed by atoms with E-state index in [0.717, 1.165) is 18.8 Å². The van der Waals surface area contributed by atoms with E-state index in [9.17, 15) is 0 Å². The van der Waals surface area contributed by atoms with Crippen LogP contribution in [0.3, 0.4) is 0 Å². The maximum atomic E-state index is 4.30. The standard InChI is InChI=1S/C12H21N3/c1-3-5-6-8-11(13-4-2)12-14-9-7-10-15-12/h7,9-11,13H,3-6,8H2,1-2H3. The Morgan fingerprint density at radius 1 is 1.20 bits per heavy atom. The van der Waals surface area contributed by atoms with Gasteiger partial charge in [0.15, 0.2) is 0 Å². The van der Waals surface area contributed by atoms with Crippen LogP contribution in [-0.4, -0.2) is 16.5 Å². The zero-order valence-electron chi connectivity index (χ0n) is 9.74. The Kier molecular flexibility index (Phi) is 5.93. The Bertz CT molecular complexity index is 248. The maximum Gasteiger partial charge on any atom is 0.145 e. The van der Waals surface area contributed by atoms with Crippen LogP contribution >= 0.6 is 0 Å². The number of rotatable bonds is 7. The van der Waals surface area contributed by atoms with Gasteiger partial charge in [0.05, 0.1) is 6.04 Å². The molecule has 3 heteroatoms. The molecule has 1 aromatic heterocycles. The summed E-state index contributed by atoms with van der Waals surface area (Å²) in [5.74, 6) is 0.926. The van der Waals surface area contributed by atoms with Gasteiger partial charge in [-0.15, -0.1) is 0 Å². The van der Waals surface area contributed by atoms with E-state index >= 15 is 0 Å². The van der Waals surface area contributed by atoms with E-state index in [1.54, 1.807) is 0 Å². The van der Waals surface area contributed by atoms with E-state index in [0.29, 0.717) is 6.04 Å². The van der Waals surface area contributed by atoms with Crippen LogP contribution in [0.4, 0.5) is 0 Å². The lowest BCUT2D eigenvalue weighted by atomic mass is 10.1. The molecule has 1 N–H and O–H groups in total. The van der Waals surface area contributed by atoms with Gasteiger partial charge in [0.2, 0.25) is 0 Å². The average molecular weight is 207 g/mol. The molecule has 1 unspecified atom stereocenters. The molecule has 0 amide bonds. The van der Waals surface area contributed by atoms with E-state index in [4.69, 9.17) is 0 Å². The number of hydrogen-bond acceptors (Lipinski definition) is 3. The highest BCUT2D eigenvalue weighted by Crippen LogP contribution is 2.15. The number of nitrogens with zero attached hydrogens (tertiary/aromatic N) is 2. The van der Waals surface area contributed by atoms with Gasteiger partial charge in [-0.25, -0.2) is 9.97 Å². The summed E-state index contributed by atoms with van der Waals surface area (Å²) in [5.41, 5.74) is 0. The van der Waals surface area contributed by atoms with Crippen molar-refractivity contribution in [2.24, 2.45) is 0 Å². The van der Waals surface area contributed by atoms with Gasteiger partial charge in [-0.3, -0.25) is 0 Å². The fraction of sp³-hybridized carbons (Fsp3) is 0.667. The highest BCUT2D eigenvalue weighted by atomic mass is 15.0. The van der Waals surface area contributed by atoms with Crippen LogP contribution in [0.5, 0.6) is 0 Å². The van der Waals surface area contributed by atoms with Gasteiger partial charge >= 0.3 is 0 Å². The molecular weight excluding hydrogens is 186 g/mol. The molecule has 0 aromatic carbocycles. The summed E-state index contributed by atoms with van der Waals surface area (Å²) in [6.45, 7) is 5.31. The lowest BCUT2D eigenvalue weighted by molar-refractivity contribution is 0.466. The predicted molar refractivity (Wildman–Crippen MR) is 62.6 cm³/mol. The maximum absolute atomic E-state index is 4.30. The van der Waals surface area contributed by atoms with E-state index in [-0.39, 0.29) is 0 Å². The zero-order chi connectivity index (χ0) is 10.9.